The highest BCUT2D eigenvalue weighted by molar-refractivity contribution is 6.06. The van der Waals surface area contributed by atoms with Crippen LogP contribution < -0.4 is 9.80 Å². The third-order valence-corrected chi connectivity index (χ3v) is 7.01. The number of carbonyl (C=O) groups is 2. The van der Waals surface area contributed by atoms with Gasteiger partial charge in [0.25, 0.3) is 0 Å². The van der Waals surface area contributed by atoms with E-state index in [1.165, 1.54) is 38.0 Å². The summed E-state index contributed by atoms with van der Waals surface area (Å²) < 4.78 is 99.7. The summed E-state index contributed by atoms with van der Waals surface area (Å²) >= 11 is 0. The number of hydrogen-bond donors (Lipinski definition) is 0. The zero-order valence-electron chi connectivity index (χ0n) is 25.3. The predicted octanol–water partition coefficient (Wildman–Crippen LogP) is 8.24. The van der Waals surface area contributed by atoms with Crippen molar-refractivity contribution in [2.45, 2.75) is 25.6 Å². The smallest absolute Gasteiger partial charge is 0.417 e. The lowest BCUT2D eigenvalue weighted by Crippen LogP contribution is -2.21. The topological polar surface area (TPSA) is 59.1 Å². The van der Waals surface area contributed by atoms with Gasteiger partial charge in [0.15, 0.2) is 0 Å². The molecule has 0 N–H and O–H groups in total. The number of anilines is 2. The summed E-state index contributed by atoms with van der Waals surface area (Å²) in [6.07, 6.45) is -10.5. The number of carbonyl (C=O) groups excluding carboxylic acids is 2. The maximum atomic E-state index is 14.8. The third kappa shape index (κ3) is 7.79. The lowest BCUT2D eigenvalue weighted by Gasteiger charge is -2.26. The summed E-state index contributed by atoms with van der Waals surface area (Å²) in [5.74, 6) is -2.64. The van der Waals surface area contributed by atoms with Crippen molar-refractivity contribution < 1.29 is 45.4 Å². The van der Waals surface area contributed by atoms with Crippen LogP contribution in [0.1, 0.15) is 43.0 Å². The van der Waals surface area contributed by atoms with Gasteiger partial charge in [-0.3, -0.25) is 0 Å². The van der Waals surface area contributed by atoms with Gasteiger partial charge in [0.1, 0.15) is 13.2 Å². The van der Waals surface area contributed by atoms with Gasteiger partial charge < -0.3 is 19.3 Å². The SMILES string of the molecule is CN(C)c1cc(C(=O)OCc2ccccc2)c(-c2c(C(=O)OCc3ccccc3)cc(N(C)C)cc2C(F)(F)F)c(C(F)(F)F)c1. The van der Waals surface area contributed by atoms with E-state index in [2.05, 4.69) is 0 Å². The van der Waals surface area contributed by atoms with Crippen LogP contribution in [0.25, 0.3) is 11.1 Å². The Morgan fingerprint density at radius 2 is 0.891 bits per heavy atom. The van der Waals surface area contributed by atoms with Crippen LogP contribution in [0.2, 0.25) is 0 Å². The minimum atomic E-state index is -5.26. The molecular weight excluding hydrogens is 614 g/mol. The van der Waals surface area contributed by atoms with Crippen LogP contribution in [0.15, 0.2) is 84.9 Å². The quantitative estimate of drug-likeness (QED) is 0.135. The summed E-state index contributed by atoms with van der Waals surface area (Å²) in [6, 6.07) is 19.7. The molecule has 0 atom stereocenters. The second-order valence-electron chi connectivity index (χ2n) is 10.7. The molecule has 4 aromatic carbocycles. The molecule has 0 aliphatic heterocycles. The van der Waals surface area contributed by atoms with E-state index in [1.54, 1.807) is 60.7 Å². The first-order chi connectivity index (χ1) is 21.6. The fourth-order valence-electron chi connectivity index (χ4n) is 4.68. The normalized spacial score (nSPS) is 11.6. The Labute approximate surface area is 261 Å². The zero-order chi connectivity index (χ0) is 33.8. The molecule has 0 aromatic heterocycles. The van der Waals surface area contributed by atoms with Crippen LogP contribution in [0.3, 0.4) is 0 Å². The van der Waals surface area contributed by atoms with E-state index in [-0.39, 0.29) is 24.6 Å². The molecule has 4 rings (SSSR count). The Morgan fingerprint density at radius 1 is 0.565 bits per heavy atom. The molecule has 6 nitrogen and oxygen atoms in total. The van der Waals surface area contributed by atoms with E-state index in [0.717, 1.165) is 12.1 Å². The number of nitrogens with zero attached hydrogens (tertiary/aromatic N) is 2. The Kier molecular flexibility index (Phi) is 9.98. The van der Waals surface area contributed by atoms with Crippen molar-refractivity contribution in [2.24, 2.45) is 0 Å². The summed E-state index contributed by atoms with van der Waals surface area (Å²) in [7, 11) is 5.64. The Bertz CT molecular complexity index is 1580. The summed E-state index contributed by atoms with van der Waals surface area (Å²) in [6.45, 7) is -0.741. The molecule has 12 heteroatoms. The maximum absolute atomic E-state index is 14.8. The highest BCUT2D eigenvalue weighted by Gasteiger charge is 2.43. The second kappa shape index (κ2) is 13.6. The first kappa shape index (κ1) is 33.9. The van der Waals surface area contributed by atoms with Crippen LogP contribution in [-0.2, 0) is 35.0 Å². The van der Waals surface area contributed by atoms with Crippen molar-refractivity contribution in [3.63, 3.8) is 0 Å². The number of hydrogen-bond acceptors (Lipinski definition) is 6. The molecule has 242 valence electrons. The van der Waals surface area contributed by atoms with Gasteiger partial charge in [-0.1, -0.05) is 60.7 Å². The monoisotopic (exact) mass is 644 g/mol. The first-order valence-corrected chi connectivity index (χ1v) is 13.9. The lowest BCUT2D eigenvalue weighted by atomic mass is 9.86. The second-order valence-corrected chi connectivity index (χ2v) is 10.7. The van der Waals surface area contributed by atoms with Crippen molar-refractivity contribution in [2.75, 3.05) is 38.0 Å². The molecule has 0 aliphatic rings. The van der Waals surface area contributed by atoms with Crippen molar-refractivity contribution in [1.29, 1.82) is 0 Å². The molecule has 4 aromatic rings. The van der Waals surface area contributed by atoms with Gasteiger partial charge in [-0.05, 0) is 35.4 Å². The van der Waals surface area contributed by atoms with Crippen molar-refractivity contribution >= 4 is 23.3 Å². The van der Waals surface area contributed by atoms with E-state index in [4.69, 9.17) is 9.47 Å². The van der Waals surface area contributed by atoms with Crippen LogP contribution in [0.5, 0.6) is 0 Å². The molecular formula is C34H30F6N2O4. The average Bonchev–Trinajstić information content (AvgIpc) is 3.01. The van der Waals surface area contributed by atoms with Gasteiger partial charge in [0.05, 0.1) is 22.3 Å². The lowest BCUT2D eigenvalue weighted by molar-refractivity contribution is -0.139. The van der Waals surface area contributed by atoms with E-state index in [9.17, 15) is 35.9 Å². The number of halogens is 6. The Morgan fingerprint density at radius 3 is 1.17 bits per heavy atom. The highest BCUT2D eigenvalue weighted by atomic mass is 19.4. The molecule has 46 heavy (non-hydrogen) atoms. The molecule has 0 saturated heterocycles. The summed E-state index contributed by atoms with van der Waals surface area (Å²) in [4.78, 5) is 29.7. The number of esters is 2. The van der Waals surface area contributed by atoms with Crippen LogP contribution in [0, 0.1) is 0 Å². The van der Waals surface area contributed by atoms with Gasteiger partial charge >= 0.3 is 24.3 Å². The number of ether oxygens (including phenoxy) is 2. The van der Waals surface area contributed by atoms with Crippen LogP contribution >= 0.6 is 0 Å². The number of benzene rings is 4. The standard InChI is InChI=1S/C34H30F6N2O4/c1-41(2)23-15-25(31(43)45-19-21-11-7-5-8-12-21)29(27(17-23)33(35,36)37)30-26(32(44)46-20-22-13-9-6-10-14-22)16-24(42(3)4)18-28(30)34(38,39)40/h5-18H,19-20H2,1-4H3. The molecule has 0 amide bonds. The van der Waals surface area contributed by atoms with Crippen molar-refractivity contribution in [3.8, 4) is 11.1 Å². The average molecular weight is 645 g/mol. The number of rotatable bonds is 9. The minimum absolute atomic E-state index is 0.130. The maximum Gasteiger partial charge on any atom is 0.417 e. The predicted molar refractivity (Wildman–Crippen MR) is 162 cm³/mol. The first-order valence-electron chi connectivity index (χ1n) is 13.9. The van der Waals surface area contributed by atoms with E-state index in [1.807, 2.05) is 0 Å². The molecule has 0 unspecified atom stereocenters. The van der Waals surface area contributed by atoms with E-state index in [0.29, 0.717) is 23.3 Å². The largest absolute Gasteiger partial charge is 0.457 e. The van der Waals surface area contributed by atoms with Gasteiger partial charge in [-0.15, -0.1) is 0 Å². The molecule has 0 heterocycles. The molecule has 0 spiro atoms. The summed E-state index contributed by atoms with van der Waals surface area (Å²) in [5.41, 5.74) is -6.33. The van der Waals surface area contributed by atoms with Gasteiger partial charge in [0, 0.05) is 50.7 Å². The van der Waals surface area contributed by atoms with Crippen molar-refractivity contribution in [1.82, 2.24) is 0 Å². The van der Waals surface area contributed by atoms with Gasteiger partial charge in [0.2, 0.25) is 0 Å². The van der Waals surface area contributed by atoms with Gasteiger partial charge in [-0.2, -0.15) is 26.3 Å². The molecule has 0 fully saturated rings. The third-order valence-electron chi connectivity index (χ3n) is 7.01. The fourth-order valence-corrected chi connectivity index (χ4v) is 4.68. The van der Waals surface area contributed by atoms with Crippen LogP contribution in [0.4, 0.5) is 37.7 Å². The van der Waals surface area contributed by atoms with E-state index >= 15 is 0 Å². The molecule has 0 bridgehead atoms. The van der Waals surface area contributed by atoms with E-state index < -0.39 is 57.7 Å². The Balaban J connectivity index is 2.05. The molecule has 0 saturated carbocycles. The fraction of sp³-hybridized carbons (Fsp3) is 0.235. The summed E-state index contributed by atoms with van der Waals surface area (Å²) in [5, 5.41) is 0. The van der Waals surface area contributed by atoms with Crippen LogP contribution in [-0.4, -0.2) is 40.1 Å². The minimum Gasteiger partial charge on any atom is -0.457 e. The number of alkyl halides is 6. The van der Waals surface area contributed by atoms with Gasteiger partial charge in [-0.25, -0.2) is 9.59 Å². The highest BCUT2D eigenvalue weighted by Crippen LogP contribution is 2.48. The zero-order valence-corrected chi connectivity index (χ0v) is 25.3. The Hall–Kier alpha value is -5.00. The molecule has 0 aliphatic carbocycles. The molecule has 0 radical (unpaired) electrons. The van der Waals surface area contributed by atoms with Crippen molar-refractivity contribution in [3.05, 3.63) is 118 Å².